The Morgan fingerprint density at radius 3 is 2.57 bits per heavy atom. The van der Waals surface area contributed by atoms with Crippen molar-refractivity contribution in [3.8, 4) is 5.75 Å². The lowest BCUT2D eigenvalue weighted by Crippen LogP contribution is -2.15. The van der Waals surface area contributed by atoms with Crippen LogP contribution in [0, 0.1) is 6.92 Å². The Labute approximate surface area is 133 Å². The Kier molecular flexibility index (Phi) is 4.75. The molecule has 0 radical (unpaired) electrons. The van der Waals surface area contributed by atoms with E-state index in [-0.39, 0.29) is 14.8 Å². The van der Waals surface area contributed by atoms with E-state index >= 15 is 0 Å². The number of hydrogen-bond donors (Lipinski definition) is 1. The first-order valence-electron chi connectivity index (χ1n) is 6.21. The fourth-order valence-electron chi connectivity index (χ4n) is 1.70. The van der Waals surface area contributed by atoms with Gasteiger partial charge in [-0.15, -0.1) is 0 Å². The van der Waals surface area contributed by atoms with Crippen LogP contribution in [0.4, 0.5) is 5.69 Å². The number of nitrogens with zero attached hydrogens (tertiary/aromatic N) is 1. The van der Waals surface area contributed by atoms with E-state index in [0.717, 1.165) is 11.3 Å². The molecule has 0 saturated carbocycles. The third-order valence-electron chi connectivity index (χ3n) is 2.47. The van der Waals surface area contributed by atoms with Crippen LogP contribution < -0.4 is 9.46 Å². The van der Waals surface area contributed by atoms with E-state index in [1.54, 1.807) is 31.2 Å². The number of aromatic nitrogens is 1. The van der Waals surface area contributed by atoms with E-state index in [2.05, 4.69) is 9.71 Å². The van der Waals surface area contributed by atoms with Gasteiger partial charge in [-0.1, -0.05) is 35.1 Å². The van der Waals surface area contributed by atoms with E-state index in [0.29, 0.717) is 17.1 Å². The Morgan fingerprint density at radius 2 is 2.00 bits per heavy atom. The van der Waals surface area contributed by atoms with Crippen molar-refractivity contribution in [1.82, 2.24) is 4.98 Å². The second kappa shape index (κ2) is 6.21. The second-order valence-corrected chi connectivity index (χ2v) is 8.07. The van der Waals surface area contributed by atoms with Gasteiger partial charge in [0.05, 0.1) is 17.5 Å². The maximum Gasteiger partial charge on any atom is 0.273 e. The van der Waals surface area contributed by atoms with Gasteiger partial charge in [-0.2, -0.15) is 0 Å². The third-order valence-corrected chi connectivity index (χ3v) is 5.70. The van der Waals surface area contributed by atoms with Crippen LogP contribution in [-0.2, 0) is 10.0 Å². The number of nitrogens with one attached hydrogen (secondary N) is 1. The SMILES string of the molecule is Cc1nc(Cl)sc1S(=O)(=O)Nc1ccccc1OC(C)C. The fourth-order valence-corrected chi connectivity index (χ4v) is 4.51. The van der Waals surface area contributed by atoms with Gasteiger partial charge in [0.25, 0.3) is 10.0 Å². The number of rotatable bonds is 5. The molecular formula is C13H15ClN2O3S2. The molecule has 1 aromatic heterocycles. The summed E-state index contributed by atoms with van der Waals surface area (Å²) in [5.41, 5.74) is 0.759. The van der Waals surface area contributed by atoms with Gasteiger partial charge in [-0.3, -0.25) is 4.72 Å². The number of sulfonamides is 1. The van der Waals surface area contributed by atoms with Crippen molar-refractivity contribution in [2.24, 2.45) is 0 Å². The smallest absolute Gasteiger partial charge is 0.273 e. The van der Waals surface area contributed by atoms with Gasteiger partial charge in [-0.05, 0) is 32.9 Å². The molecule has 0 aliphatic carbocycles. The number of halogens is 1. The second-order valence-electron chi connectivity index (χ2n) is 4.61. The lowest BCUT2D eigenvalue weighted by molar-refractivity contribution is 0.244. The Morgan fingerprint density at radius 1 is 1.33 bits per heavy atom. The summed E-state index contributed by atoms with van der Waals surface area (Å²) in [5, 5.41) is 0. The van der Waals surface area contributed by atoms with Crippen LogP contribution in [0.3, 0.4) is 0 Å². The molecule has 0 aliphatic heterocycles. The molecule has 0 spiro atoms. The van der Waals surface area contributed by atoms with Crippen molar-refractivity contribution in [2.45, 2.75) is 31.1 Å². The molecule has 0 aliphatic rings. The van der Waals surface area contributed by atoms with Crippen molar-refractivity contribution in [3.05, 3.63) is 34.4 Å². The van der Waals surface area contributed by atoms with Crippen LogP contribution in [0.15, 0.2) is 28.5 Å². The standard InChI is InChI=1S/C13H15ClN2O3S2/c1-8(2)19-11-7-5-4-6-10(11)16-21(17,18)12-9(3)15-13(14)20-12/h4-8,16H,1-3H3. The minimum atomic E-state index is -3.74. The molecule has 0 unspecified atom stereocenters. The predicted molar refractivity (Wildman–Crippen MR) is 84.9 cm³/mol. The van der Waals surface area contributed by atoms with Gasteiger partial charge >= 0.3 is 0 Å². The summed E-state index contributed by atoms with van der Waals surface area (Å²) >= 11 is 6.69. The number of ether oxygens (including phenoxy) is 1. The molecule has 1 aromatic carbocycles. The first kappa shape index (κ1) is 16.1. The Balaban J connectivity index is 2.35. The number of benzene rings is 1. The molecule has 8 heteroatoms. The van der Waals surface area contributed by atoms with Gasteiger partial charge in [0.2, 0.25) is 0 Å². The number of para-hydroxylation sites is 2. The first-order valence-corrected chi connectivity index (χ1v) is 8.89. The van der Waals surface area contributed by atoms with Crippen LogP contribution >= 0.6 is 22.9 Å². The minimum Gasteiger partial charge on any atom is -0.489 e. The zero-order valence-electron chi connectivity index (χ0n) is 11.8. The zero-order chi connectivity index (χ0) is 15.6. The largest absolute Gasteiger partial charge is 0.489 e. The minimum absolute atomic E-state index is 0.0600. The molecule has 1 N–H and O–H groups in total. The van der Waals surface area contributed by atoms with Crippen LogP contribution in [0.5, 0.6) is 5.75 Å². The summed E-state index contributed by atoms with van der Waals surface area (Å²) in [5.74, 6) is 0.476. The summed E-state index contributed by atoms with van der Waals surface area (Å²) in [6.07, 6.45) is -0.0600. The molecule has 0 amide bonds. The molecular weight excluding hydrogens is 332 g/mol. The van der Waals surface area contributed by atoms with E-state index in [1.165, 1.54) is 0 Å². The van der Waals surface area contributed by atoms with Crippen LogP contribution in [-0.4, -0.2) is 19.5 Å². The van der Waals surface area contributed by atoms with Crippen molar-refractivity contribution in [2.75, 3.05) is 4.72 Å². The molecule has 0 fully saturated rings. The third kappa shape index (κ3) is 3.87. The molecule has 0 bridgehead atoms. The van der Waals surface area contributed by atoms with Crippen LogP contribution in [0.2, 0.25) is 4.47 Å². The van der Waals surface area contributed by atoms with Crippen molar-refractivity contribution in [3.63, 3.8) is 0 Å². The highest BCUT2D eigenvalue weighted by Crippen LogP contribution is 2.31. The number of aryl methyl sites for hydroxylation is 1. The summed E-state index contributed by atoms with van der Waals surface area (Å²) in [7, 11) is -3.74. The fraction of sp³-hybridized carbons (Fsp3) is 0.308. The first-order chi connectivity index (χ1) is 9.79. The average molecular weight is 347 g/mol. The highest BCUT2D eigenvalue weighted by molar-refractivity contribution is 7.94. The molecule has 1 heterocycles. The normalized spacial score (nSPS) is 11.7. The van der Waals surface area contributed by atoms with Gasteiger partial charge < -0.3 is 4.74 Å². The summed E-state index contributed by atoms with van der Waals surface area (Å²) in [6.45, 7) is 5.35. The van der Waals surface area contributed by atoms with Gasteiger partial charge in [0.15, 0.2) is 8.68 Å². The molecule has 0 atom stereocenters. The quantitative estimate of drug-likeness (QED) is 0.896. The van der Waals surface area contributed by atoms with E-state index in [4.69, 9.17) is 16.3 Å². The van der Waals surface area contributed by atoms with Gasteiger partial charge in [-0.25, -0.2) is 13.4 Å². The van der Waals surface area contributed by atoms with Crippen molar-refractivity contribution in [1.29, 1.82) is 0 Å². The highest BCUT2D eigenvalue weighted by Gasteiger charge is 2.23. The molecule has 5 nitrogen and oxygen atoms in total. The van der Waals surface area contributed by atoms with Crippen LogP contribution in [0.25, 0.3) is 0 Å². The van der Waals surface area contributed by atoms with Crippen LogP contribution in [0.1, 0.15) is 19.5 Å². The van der Waals surface area contributed by atoms with Crippen molar-refractivity contribution >= 4 is 38.6 Å². The average Bonchev–Trinajstić information content (AvgIpc) is 2.71. The Hall–Kier alpha value is -1.31. The van der Waals surface area contributed by atoms with Gasteiger partial charge in [0, 0.05) is 0 Å². The molecule has 2 rings (SSSR count). The van der Waals surface area contributed by atoms with E-state index < -0.39 is 10.0 Å². The lowest BCUT2D eigenvalue weighted by atomic mass is 10.3. The molecule has 114 valence electrons. The van der Waals surface area contributed by atoms with E-state index in [1.807, 2.05) is 13.8 Å². The highest BCUT2D eigenvalue weighted by atomic mass is 35.5. The molecule has 21 heavy (non-hydrogen) atoms. The summed E-state index contributed by atoms with van der Waals surface area (Å²) in [6, 6.07) is 6.87. The topological polar surface area (TPSA) is 68.3 Å². The maximum atomic E-state index is 12.4. The predicted octanol–water partition coefficient (Wildman–Crippen LogP) is 3.69. The number of anilines is 1. The summed E-state index contributed by atoms with van der Waals surface area (Å²) < 4.78 is 33.3. The Bertz CT molecular complexity index is 742. The van der Waals surface area contributed by atoms with Gasteiger partial charge in [0.1, 0.15) is 5.75 Å². The monoisotopic (exact) mass is 346 g/mol. The lowest BCUT2D eigenvalue weighted by Gasteiger charge is -2.15. The maximum absolute atomic E-state index is 12.4. The molecule has 0 saturated heterocycles. The zero-order valence-corrected chi connectivity index (χ0v) is 14.1. The number of hydrogen-bond acceptors (Lipinski definition) is 5. The summed E-state index contributed by atoms with van der Waals surface area (Å²) in [4.78, 5) is 3.92. The van der Waals surface area contributed by atoms with Crippen molar-refractivity contribution < 1.29 is 13.2 Å². The number of thiazole rings is 1. The molecule has 2 aromatic rings. The van der Waals surface area contributed by atoms with E-state index in [9.17, 15) is 8.42 Å².